The first-order valence-electron chi connectivity index (χ1n) is 6.97. The molecule has 1 unspecified atom stereocenters. The normalized spacial score (nSPS) is 14.9. The second-order valence-electron chi connectivity index (χ2n) is 5.38. The van der Waals surface area contributed by atoms with Gasteiger partial charge < -0.3 is 5.32 Å². The fraction of sp³-hybridized carbons (Fsp3) is 0.294. The predicted octanol–water partition coefficient (Wildman–Crippen LogP) is 5.76. The lowest BCUT2D eigenvalue weighted by atomic mass is 10.0. The minimum absolute atomic E-state index is 0.286. The molecule has 0 amide bonds. The average molecular weight is 351 g/mol. The number of benzene rings is 2. The Morgan fingerprint density at radius 1 is 1.10 bits per heavy atom. The molecule has 0 bridgehead atoms. The van der Waals surface area contributed by atoms with Gasteiger partial charge >= 0.3 is 0 Å². The van der Waals surface area contributed by atoms with Crippen LogP contribution in [0.15, 0.2) is 40.9 Å². The van der Waals surface area contributed by atoms with Crippen LogP contribution in [-0.4, -0.2) is 0 Å². The lowest BCUT2D eigenvalue weighted by Gasteiger charge is -2.17. The Bertz CT molecular complexity index is 639. The fourth-order valence-electron chi connectivity index (χ4n) is 2.78. The Labute approximate surface area is 133 Å². The first kappa shape index (κ1) is 14.0. The van der Waals surface area contributed by atoms with Crippen LogP contribution in [0.5, 0.6) is 0 Å². The van der Waals surface area contributed by atoms with Gasteiger partial charge in [0.1, 0.15) is 0 Å². The molecule has 1 aliphatic rings. The van der Waals surface area contributed by atoms with Gasteiger partial charge in [-0.25, -0.2) is 0 Å². The quantitative estimate of drug-likeness (QED) is 0.741. The van der Waals surface area contributed by atoms with Gasteiger partial charge in [-0.1, -0.05) is 29.8 Å². The fourth-order valence-corrected chi connectivity index (χ4v) is 3.28. The van der Waals surface area contributed by atoms with E-state index in [9.17, 15) is 0 Å². The van der Waals surface area contributed by atoms with Gasteiger partial charge in [0.2, 0.25) is 0 Å². The number of anilines is 1. The minimum Gasteiger partial charge on any atom is -0.378 e. The van der Waals surface area contributed by atoms with Crippen LogP contribution in [-0.2, 0) is 12.8 Å². The maximum absolute atomic E-state index is 6.02. The van der Waals surface area contributed by atoms with E-state index < -0.39 is 0 Å². The molecule has 3 heteroatoms. The maximum Gasteiger partial charge on any atom is 0.0549 e. The van der Waals surface area contributed by atoms with E-state index in [-0.39, 0.29) is 6.04 Å². The molecule has 1 N–H and O–H groups in total. The van der Waals surface area contributed by atoms with E-state index in [4.69, 9.17) is 11.6 Å². The van der Waals surface area contributed by atoms with Crippen molar-refractivity contribution in [2.45, 2.75) is 32.2 Å². The SMILES string of the molecule is CC(Nc1ccc(Cl)c(Br)c1)c1ccc2c(c1)CCC2. The van der Waals surface area contributed by atoms with E-state index in [2.05, 4.69) is 46.4 Å². The van der Waals surface area contributed by atoms with Crippen molar-refractivity contribution >= 4 is 33.2 Å². The Balaban J connectivity index is 1.78. The van der Waals surface area contributed by atoms with E-state index in [0.29, 0.717) is 0 Å². The third-order valence-corrected chi connectivity index (χ3v) is 5.14. The third-order valence-electron chi connectivity index (χ3n) is 3.93. The molecule has 1 aliphatic carbocycles. The monoisotopic (exact) mass is 349 g/mol. The summed E-state index contributed by atoms with van der Waals surface area (Å²) in [6.45, 7) is 2.19. The number of halogens is 2. The molecule has 0 aromatic heterocycles. The molecule has 2 aromatic carbocycles. The topological polar surface area (TPSA) is 12.0 Å². The highest BCUT2D eigenvalue weighted by atomic mass is 79.9. The van der Waals surface area contributed by atoms with E-state index in [1.54, 1.807) is 0 Å². The van der Waals surface area contributed by atoms with Crippen molar-refractivity contribution in [2.24, 2.45) is 0 Å². The molecule has 0 heterocycles. The lowest BCUT2D eigenvalue weighted by molar-refractivity contribution is 0.879. The first-order valence-corrected chi connectivity index (χ1v) is 8.14. The van der Waals surface area contributed by atoms with Crippen molar-refractivity contribution in [3.05, 3.63) is 62.6 Å². The Morgan fingerprint density at radius 3 is 2.70 bits per heavy atom. The Hall–Kier alpha value is -0.990. The Kier molecular flexibility index (Phi) is 4.04. The van der Waals surface area contributed by atoms with Crippen LogP contribution in [0.3, 0.4) is 0 Å². The summed E-state index contributed by atoms with van der Waals surface area (Å²) in [5.41, 5.74) is 5.47. The van der Waals surface area contributed by atoms with Gasteiger partial charge in [-0.05, 0) is 77.0 Å². The molecule has 1 nitrogen and oxygen atoms in total. The van der Waals surface area contributed by atoms with Gasteiger partial charge in [-0.3, -0.25) is 0 Å². The number of hydrogen-bond donors (Lipinski definition) is 1. The molecule has 3 rings (SSSR count). The molecular weight excluding hydrogens is 334 g/mol. The highest BCUT2D eigenvalue weighted by molar-refractivity contribution is 9.10. The van der Waals surface area contributed by atoms with E-state index in [1.807, 2.05) is 18.2 Å². The van der Waals surface area contributed by atoms with Crippen LogP contribution in [0.25, 0.3) is 0 Å². The zero-order valence-corrected chi connectivity index (χ0v) is 13.8. The summed E-state index contributed by atoms with van der Waals surface area (Å²) in [5, 5.41) is 4.27. The van der Waals surface area contributed by atoms with Gasteiger partial charge in [0.05, 0.1) is 5.02 Å². The molecule has 0 saturated heterocycles. The third kappa shape index (κ3) is 2.87. The van der Waals surface area contributed by atoms with E-state index in [0.717, 1.165) is 15.2 Å². The lowest BCUT2D eigenvalue weighted by Crippen LogP contribution is -2.07. The van der Waals surface area contributed by atoms with Crippen LogP contribution < -0.4 is 5.32 Å². The number of aryl methyl sites for hydroxylation is 2. The van der Waals surface area contributed by atoms with Crippen molar-refractivity contribution in [3.8, 4) is 0 Å². The smallest absolute Gasteiger partial charge is 0.0549 e. The first-order chi connectivity index (χ1) is 9.63. The molecule has 104 valence electrons. The van der Waals surface area contributed by atoms with Crippen LogP contribution >= 0.6 is 27.5 Å². The molecule has 1 atom stereocenters. The number of nitrogens with one attached hydrogen (secondary N) is 1. The van der Waals surface area contributed by atoms with E-state index >= 15 is 0 Å². The van der Waals surface area contributed by atoms with Gasteiger partial charge in [0, 0.05) is 16.2 Å². The number of hydrogen-bond acceptors (Lipinski definition) is 1. The second kappa shape index (κ2) is 5.79. The molecule has 0 fully saturated rings. The molecule has 0 radical (unpaired) electrons. The minimum atomic E-state index is 0.286. The summed E-state index contributed by atoms with van der Waals surface area (Å²) in [6, 6.07) is 13.1. The van der Waals surface area contributed by atoms with Crippen molar-refractivity contribution in [2.75, 3.05) is 5.32 Å². The summed E-state index contributed by atoms with van der Waals surface area (Å²) >= 11 is 9.48. The highest BCUT2D eigenvalue weighted by Crippen LogP contribution is 2.29. The summed E-state index contributed by atoms with van der Waals surface area (Å²) in [5.74, 6) is 0. The van der Waals surface area contributed by atoms with Gasteiger partial charge in [-0.15, -0.1) is 0 Å². The largest absolute Gasteiger partial charge is 0.378 e. The van der Waals surface area contributed by atoms with Crippen LogP contribution in [0.1, 0.15) is 36.1 Å². The molecule has 0 aliphatic heterocycles. The molecular formula is C17H17BrClN. The number of fused-ring (bicyclic) bond motifs is 1. The van der Waals surface area contributed by atoms with Crippen molar-refractivity contribution < 1.29 is 0 Å². The highest BCUT2D eigenvalue weighted by Gasteiger charge is 2.13. The molecule has 0 saturated carbocycles. The zero-order valence-electron chi connectivity index (χ0n) is 11.4. The summed E-state index contributed by atoms with van der Waals surface area (Å²) in [7, 11) is 0. The van der Waals surface area contributed by atoms with Crippen molar-refractivity contribution in [1.29, 1.82) is 0 Å². The predicted molar refractivity (Wildman–Crippen MR) is 89.7 cm³/mol. The van der Waals surface area contributed by atoms with Gasteiger partial charge in [0.15, 0.2) is 0 Å². The van der Waals surface area contributed by atoms with Crippen molar-refractivity contribution in [3.63, 3.8) is 0 Å². The average Bonchev–Trinajstić information content (AvgIpc) is 2.90. The standard InChI is InChI=1S/C17H17BrClN/c1-11(20-15-7-8-17(19)16(18)10-15)13-6-5-12-3-2-4-14(12)9-13/h5-11,20H,2-4H2,1H3. The van der Waals surface area contributed by atoms with Crippen LogP contribution in [0.2, 0.25) is 5.02 Å². The van der Waals surface area contributed by atoms with Crippen LogP contribution in [0, 0.1) is 0 Å². The van der Waals surface area contributed by atoms with Gasteiger partial charge in [-0.2, -0.15) is 0 Å². The van der Waals surface area contributed by atoms with E-state index in [1.165, 1.54) is 36.0 Å². The zero-order chi connectivity index (χ0) is 14.1. The Morgan fingerprint density at radius 2 is 1.90 bits per heavy atom. The molecule has 2 aromatic rings. The second-order valence-corrected chi connectivity index (χ2v) is 6.64. The summed E-state index contributed by atoms with van der Waals surface area (Å²) in [6.07, 6.45) is 3.76. The molecule has 0 spiro atoms. The summed E-state index contributed by atoms with van der Waals surface area (Å²) < 4.78 is 0.922. The molecule has 20 heavy (non-hydrogen) atoms. The van der Waals surface area contributed by atoms with Crippen molar-refractivity contribution in [1.82, 2.24) is 0 Å². The number of rotatable bonds is 3. The van der Waals surface area contributed by atoms with Gasteiger partial charge in [0.25, 0.3) is 0 Å². The van der Waals surface area contributed by atoms with Crippen LogP contribution in [0.4, 0.5) is 5.69 Å². The maximum atomic E-state index is 6.02. The summed E-state index contributed by atoms with van der Waals surface area (Å²) in [4.78, 5) is 0.